The third-order valence-corrected chi connectivity index (χ3v) is 3.73. The molecule has 0 bridgehead atoms. The van der Waals surface area contributed by atoms with E-state index in [1.807, 2.05) is 6.92 Å². The van der Waals surface area contributed by atoms with Gasteiger partial charge in [-0.3, -0.25) is 4.79 Å². The molecule has 0 aliphatic rings. The molecule has 3 N–H and O–H groups in total. The normalized spacial score (nSPS) is 10.4. The minimum atomic E-state index is -0.583. The number of hydrogen-bond donors (Lipinski definition) is 2. The summed E-state index contributed by atoms with van der Waals surface area (Å²) in [5.41, 5.74) is 5.84. The van der Waals surface area contributed by atoms with Crippen molar-refractivity contribution in [2.45, 2.75) is 19.9 Å². The number of amides is 1. The van der Waals surface area contributed by atoms with Crippen LogP contribution in [0.4, 0.5) is 10.1 Å². The molecule has 0 saturated heterocycles. The molecule has 2 aromatic rings. The smallest absolute Gasteiger partial charge is 0.254 e. The van der Waals surface area contributed by atoms with E-state index in [0.717, 1.165) is 16.3 Å². The van der Waals surface area contributed by atoms with Gasteiger partial charge < -0.3 is 11.1 Å². The van der Waals surface area contributed by atoms with Crippen molar-refractivity contribution in [3.05, 3.63) is 45.7 Å². The summed E-state index contributed by atoms with van der Waals surface area (Å²) in [5.74, 6) is -1.07. The Bertz CT molecular complexity index is 597. The number of anilines is 1. The number of thiazole rings is 1. The van der Waals surface area contributed by atoms with Crippen molar-refractivity contribution >= 4 is 22.9 Å². The van der Waals surface area contributed by atoms with Gasteiger partial charge in [0.05, 0.1) is 12.1 Å². The van der Waals surface area contributed by atoms with Crippen LogP contribution in [0.1, 0.15) is 27.2 Å². The van der Waals surface area contributed by atoms with Crippen molar-refractivity contribution < 1.29 is 9.18 Å². The highest BCUT2D eigenvalue weighted by Gasteiger charge is 2.12. The number of halogens is 1. The van der Waals surface area contributed by atoms with E-state index in [1.165, 1.54) is 29.5 Å². The molecule has 1 aromatic heterocycles. The predicted octanol–water partition coefficient (Wildman–Crippen LogP) is 2.36. The van der Waals surface area contributed by atoms with Crippen molar-refractivity contribution in [1.29, 1.82) is 0 Å². The molecule has 0 unspecified atom stereocenters. The molecule has 0 atom stereocenters. The van der Waals surface area contributed by atoms with E-state index in [2.05, 4.69) is 10.3 Å². The van der Waals surface area contributed by atoms with Gasteiger partial charge in [0, 0.05) is 16.8 Å². The van der Waals surface area contributed by atoms with E-state index >= 15 is 0 Å². The maximum atomic E-state index is 13.5. The first-order chi connectivity index (χ1) is 9.10. The molecule has 0 fully saturated rings. The first-order valence-electron chi connectivity index (χ1n) is 5.87. The van der Waals surface area contributed by atoms with Crippen LogP contribution in [0.3, 0.4) is 0 Å². The molecule has 4 nitrogen and oxygen atoms in total. The topological polar surface area (TPSA) is 68.0 Å². The lowest BCUT2D eigenvalue weighted by Gasteiger charge is -2.05. The van der Waals surface area contributed by atoms with E-state index < -0.39 is 11.7 Å². The summed E-state index contributed by atoms with van der Waals surface area (Å²) in [5, 5.41) is 3.43. The molecular weight excluding hydrogens is 265 g/mol. The summed E-state index contributed by atoms with van der Waals surface area (Å²) < 4.78 is 13.5. The lowest BCUT2D eigenvalue weighted by atomic mass is 10.2. The molecule has 2 rings (SSSR count). The van der Waals surface area contributed by atoms with Crippen molar-refractivity contribution in [2.24, 2.45) is 0 Å². The maximum Gasteiger partial charge on any atom is 0.254 e. The number of nitrogens with zero attached hydrogens (tertiary/aromatic N) is 1. The van der Waals surface area contributed by atoms with Gasteiger partial charge in [0.15, 0.2) is 0 Å². The van der Waals surface area contributed by atoms with Gasteiger partial charge in [0.2, 0.25) is 0 Å². The number of hydrogen-bond acceptors (Lipinski definition) is 4. The Morgan fingerprint density at radius 2 is 2.32 bits per heavy atom. The number of carbonyl (C=O) groups excluding carboxylic acids is 1. The maximum absolute atomic E-state index is 13.5. The van der Waals surface area contributed by atoms with Gasteiger partial charge >= 0.3 is 0 Å². The average molecular weight is 279 g/mol. The molecule has 100 valence electrons. The minimum Gasteiger partial charge on any atom is -0.399 e. The molecule has 1 aromatic carbocycles. The largest absolute Gasteiger partial charge is 0.399 e. The number of aryl methyl sites for hydroxylation is 1. The molecule has 0 spiro atoms. The van der Waals surface area contributed by atoms with Crippen LogP contribution in [0.15, 0.2) is 24.4 Å². The molecule has 0 aliphatic carbocycles. The van der Waals surface area contributed by atoms with Gasteiger partial charge in [0.1, 0.15) is 10.8 Å². The van der Waals surface area contributed by atoms with Crippen molar-refractivity contribution in [3.63, 3.8) is 0 Å². The first-order valence-corrected chi connectivity index (χ1v) is 6.68. The highest BCUT2D eigenvalue weighted by molar-refractivity contribution is 7.11. The third-order valence-electron chi connectivity index (χ3n) is 2.59. The van der Waals surface area contributed by atoms with E-state index in [-0.39, 0.29) is 12.1 Å². The van der Waals surface area contributed by atoms with Crippen LogP contribution < -0.4 is 11.1 Å². The Kier molecular flexibility index (Phi) is 4.11. The molecule has 1 amide bonds. The molecule has 0 saturated carbocycles. The van der Waals surface area contributed by atoms with Crippen LogP contribution in [0, 0.1) is 5.82 Å². The van der Waals surface area contributed by atoms with E-state index in [0.29, 0.717) is 5.69 Å². The molecule has 0 aliphatic heterocycles. The van der Waals surface area contributed by atoms with Gasteiger partial charge in [-0.2, -0.15) is 0 Å². The minimum absolute atomic E-state index is 0.0488. The standard InChI is InChI=1S/C13H14FN3OS/c1-2-9-6-16-12(19-9)7-17-13(18)10-5-8(15)3-4-11(10)14/h3-6H,2,7,15H2,1H3,(H,17,18). The van der Waals surface area contributed by atoms with E-state index in [4.69, 9.17) is 5.73 Å². The summed E-state index contributed by atoms with van der Waals surface area (Å²) in [6.07, 6.45) is 2.70. The zero-order valence-electron chi connectivity index (χ0n) is 10.4. The second-order valence-electron chi connectivity index (χ2n) is 4.00. The fourth-order valence-electron chi connectivity index (χ4n) is 1.56. The van der Waals surface area contributed by atoms with Crippen LogP contribution in [0.25, 0.3) is 0 Å². The number of nitrogens with one attached hydrogen (secondary N) is 1. The number of benzene rings is 1. The lowest BCUT2D eigenvalue weighted by molar-refractivity contribution is 0.0947. The monoisotopic (exact) mass is 279 g/mol. The zero-order chi connectivity index (χ0) is 13.8. The third kappa shape index (κ3) is 3.29. The number of aromatic nitrogens is 1. The van der Waals surface area contributed by atoms with Crippen LogP contribution >= 0.6 is 11.3 Å². The summed E-state index contributed by atoms with van der Waals surface area (Å²) >= 11 is 1.53. The van der Waals surface area contributed by atoms with E-state index in [9.17, 15) is 9.18 Å². The molecular formula is C13H14FN3OS. The summed E-state index contributed by atoms with van der Waals surface area (Å²) in [4.78, 5) is 17.2. The Hall–Kier alpha value is -1.95. The van der Waals surface area contributed by atoms with Gasteiger partial charge in [-0.15, -0.1) is 11.3 Å². The van der Waals surface area contributed by atoms with Gasteiger partial charge in [-0.1, -0.05) is 6.92 Å². The summed E-state index contributed by atoms with van der Waals surface area (Å²) in [6.45, 7) is 2.33. The van der Waals surface area contributed by atoms with Crippen molar-refractivity contribution in [2.75, 3.05) is 5.73 Å². The number of rotatable bonds is 4. The SMILES string of the molecule is CCc1cnc(CNC(=O)c2cc(N)ccc2F)s1. The van der Waals surface area contributed by atoms with Crippen LogP contribution in [-0.2, 0) is 13.0 Å². The second kappa shape index (κ2) is 5.79. The van der Waals surface area contributed by atoms with Gasteiger partial charge in [-0.05, 0) is 24.6 Å². The van der Waals surface area contributed by atoms with E-state index in [1.54, 1.807) is 6.20 Å². The molecule has 6 heteroatoms. The summed E-state index contributed by atoms with van der Waals surface area (Å²) in [7, 11) is 0. The highest BCUT2D eigenvalue weighted by Crippen LogP contribution is 2.14. The first kappa shape index (κ1) is 13.5. The van der Waals surface area contributed by atoms with Crippen molar-refractivity contribution in [1.82, 2.24) is 10.3 Å². The van der Waals surface area contributed by atoms with Crippen molar-refractivity contribution in [3.8, 4) is 0 Å². The molecule has 1 heterocycles. The highest BCUT2D eigenvalue weighted by atomic mass is 32.1. The van der Waals surface area contributed by atoms with Crippen LogP contribution in [0.2, 0.25) is 0 Å². The number of nitrogens with two attached hydrogens (primary N) is 1. The van der Waals surface area contributed by atoms with Crippen LogP contribution in [0.5, 0.6) is 0 Å². The number of carbonyl (C=O) groups is 1. The average Bonchev–Trinajstić information content (AvgIpc) is 2.87. The Labute approximate surface area is 114 Å². The Morgan fingerprint density at radius 1 is 1.53 bits per heavy atom. The van der Waals surface area contributed by atoms with Gasteiger partial charge in [-0.25, -0.2) is 9.37 Å². The predicted molar refractivity (Wildman–Crippen MR) is 73.5 cm³/mol. The number of nitrogen functional groups attached to an aromatic ring is 1. The fraction of sp³-hybridized carbons (Fsp3) is 0.231. The Balaban J connectivity index is 2.03. The molecule has 0 radical (unpaired) electrons. The second-order valence-corrected chi connectivity index (χ2v) is 5.20. The fourth-order valence-corrected chi connectivity index (χ4v) is 2.36. The molecule has 19 heavy (non-hydrogen) atoms. The summed E-state index contributed by atoms with van der Waals surface area (Å²) in [6, 6.07) is 3.92. The Morgan fingerprint density at radius 3 is 3.00 bits per heavy atom. The lowest BCUT2D eigenvalue weighted by Crippen LogP contribution is -2.23. The quantitative estimate of drug-likeness (QED) is 0.844. The van der Waals surface area contributed by atoms with Gasteiger partial charge in [0.25, 0.3) is 5.91 Å². The van der Waals surface area contributed by atoms with Crippen LogP contribution in [-0.4, -0.2) is 10.9 Å². The zero-order valence-corrected chi connectivity index (χ0v) is 11.3.